The zero-order valence-electron chi connectivity index (χ0n) is 10.6. The first-order valence-electron chi connectivity index (χ1n) is 6.00. The molecule has 0 radical (unpaired) electrons. The van der Waals surface area contributed by atoms with Crippen molar-refractivity contribution >= 4 is 21.6 Å². The molecule has 1 atom stereocenters. The summed E-state index contributed by atoms with van der Waals surface area (Å²) < 4.78 is 6.12. The fourth-order valence-electron chi connectivity index (χ4n) is 1.73. The Morgan fingerprint density at radius 3 is 2.32 bits per heavy atom. The van der Waals surface area contributed by atoms with Gasteiger partial charge in [0.05, 0.1) is 13.2 Å². The fourth-order valence-corrected chi connectivity index (χ4v) is 1.99. The van der Waals surface area contributed by atoms with Crippen LogP contribution in [-0.4, -0.2) is 18.8 Å². The van der Waals surface area contributed by atoms with E-state index in [1.807, 2.05) is 48.5 Å². The van der Waals surface area contributed by atoms with Crippen LogP contribution in [0.15, 0.2) is 53.0 Å². The molecule has 0 aliphatic rings. The van der Waals surface area contributed by atoms with Crippen molar-refractivity contribution in [3.8, 4) is 5.75 Å². The Bertz CT molecular complexity index is 511. The Balaban J connectivity index is 1.93. The van der Waals surface area contributed by atoms with E-state index in [0.717, 1.165) is 21.5 Å². The molecule has 0 fully saturated rings. The SMILES string of the molecule is COc1ccc(C(O)CNc2ccc(Br)cc2)cc1. The van der Waals surface area contributed by atoms with E-state index in [9.17, 15) is 5.11 Å². The van der Waals surface area contributed by atoms with Gasteiger partial charge in [-0.25, -0.2) is 0 Å². The van der Waals surface area contributed by atoms with Crippen molar-refractivity contribution in [3.63, 3.8) is 0 Å². The van der Waals surface area contributed by atoms with Crippen molar-refractivity contribution in [1.82, 2.24) is 0 Å². The molecule has 2 aromatic carbocycles. The summed E-state index contributed by atoms with van der Waals surface area (Å²) in [5.74, 6) is 0.789. The van der Waals surface area contributed by atoms with Gasteiger partial charge in [-0.3, -0.25) is 0 Å². The van der Waals surface area contributed by atoms with Crippen LogP contribution in [0.4, 0.5) is 5.69 Å². The molecule has 0 spiro atoms. The van der Waals surface area contributed by atoms with Gasteiger partial charge in [0.25, 0.3) is 0 Å². The summed E-state index contributed by atoms with van der Waals surface area (Å²) in [6.07, 6.45) is -0.547. The molecule has 0 saturated heterocycles. The number of methoxy groups -OCH3 is 1. The molecule has 0 amide bonds. The van der Waals surface area contributed by atoms with E-state index < -0.39 is 6.10 Å². The maximum atomic E-state index is 10.1. The molecule has 1 unspecified atom stereocenters. The van der Waals surface area contributed by atoms with E-state index in [-0.39, 0.29) is 0 Å². The van der Waals surface area contributed by atoms with Gasteiger partial charge in [0, 0.05) is 16.7 Å². The number of anilines is 1. The second kappa shape index (κ2) is 6.59. The predicted molar refractivity (Wildman–Crippen MR) is 80.6 cm³/mol. The van der Waals surface area contributed by atoms with Crippen molar-refractivity contribution in [2.75, 3.05) is 19.0 Å². The van der Waals surface area contributed by atoms with E-state index in [2.05, 4.69) is 21.2 Å². The molecular weight excluding hydrogens is 306 g/mol. The summed E-state index contributed by atoms with van der Waals surface area (Å²) in [5.41, 5.74) is 1.85. The Labute approximate surface area is 121 Å². The van der Waals surface area contributed by atoms with Gasteiger partial charge in [-0.15, -0.1) is 0 Å². The Hall–Kier alpha value is -1.52. The summed E-state index contributed by atoms with van der Waals surface area (Å²) in [4.78, 5) is 0. The van der Waals surface area contributed by atoms with E-state index in [1.54, 1.807) is 7.11 Å². The Morgan fingerprint density at radius 1 is 1.11 bits per heavy atom. The first-order valence-corrected chi connectivity index (χ1v) is 6.80. The third-order valence-corrected chi connectivity index (χ3v) is 3.37. The van der Waals surface area contributed by atoms with Crippen LogP contribution in [0.1, 0.15) is 11.7 Å². The van der Waals surface area contributed by atoms with E-state index in [1.165, 1.54) is 0 Å². The van der Waals surface area contributed by atoms with Crippen LogP contribution in [0.25, 0.3) is 0 Å². The van der Waals surface area contributed by atoms with Gasteiger partial charge in [0.2, 0.25) is 0 Å². The highest BCUT2D eigenvalue weighted by Gasteiger charge is 2.07. The number of aliphatic hydroxyl groups excluding tert-OH is 1. The van der Waals surface area contributed by atoms with Gasteiger partial charge in [0.15, 0.2) is 0 Å². The summed E-state index contributed by atoms with van der Waals surface area (Å²) in [5, 5.41) is 13.3. The van der Waals surface area contributed by atoms with Gasteiger partial charge in [0.1, 0.15) is 5.75 Å². The van der Waals surface area contributed by atoms with Gasteiger partial charge in [-0.2, -0.15) is 0 Å². The van der Waals surface area contributed by atoms with E-state index in [4.69, 9.17) is 4.74 Å². The highest BCUT2D eigenvalue weighted by Crippen LogP contribution is 2.19. The van der Waals surface area contributed by atoms with Crippen LogP contribution in [0.3, 0.4) is 0 Å². The normalized spacial score (nSPS) is 11.9. The largest absolute Gasteiger partial charge is 0.497 e. The molecule has 0 saturated carbocycles. The molecule has 0 heterocycles. The number of nitrogens with one attached hydrogen (secondary N) is 1. The monoisotopic (exact) mass is 321 g/mol. The van der Waals surface area contributed by atoms with Gasteiger partial charge >= 0.3 is 0 Å². The maximum absolute atomic E-state index is 10.1. The maximum Gasteiger partial charge on any atom is 0.118 e. The topological polar surface area (TPSA) is 41.5 Å². The van der Waals surface area contributed by atoms with E-state index in [0.29, 0.717) is 6.54 Å². The van der Waals surface area contributed by atoms with Crippen LogP contribution in [0, 0.1) is 0 Å². The number of benzene rings is 2. The van der Waals surface area contributed by atoms with Crippen LogP contribution in [0.5, 0.6) is 5.75 Å². The summed E-state index contributed by atoms with van der Waals surface area (Å²) in [6, 6.07) is 15.3. The van der Waals surface area contributed by atoms with Crippen molar-refractivity contribution < 1.29 is 9.84 Å². The highest BCUT2D eigenvalue weighted by atomic mass is 79.9. The molecule has 0 aliphatic heterocycles. The average molecular weight is 322 g/mol. The molecule has 19 heavy (non-hydrogen) atoms. The smallest absolute Gasteiger partial charge is 0.118 e. The lowest BCUT2D eigenvalue weighted by Crippen LogP contribution is -2.11. The van der Waals surface area contributed by atoms with Crippen molar-refractivity contribution in [3.05, 3.63) is 58.6 Å². The van der Waals surface area contributed by atoms with E-state index >= 15 is 0 Å². The van der Waals surface area contributed by atoms with Crippen LogP contribution in [0.2, 0.25) is 0 Å². The molecule has 2 aromatic rings. The van der Waals surface area contributed by atoms with Gasteiger partial charge in [-0.05, 0) is 42.0 Å². The minimum atomic E-state index is -0.547. The molecule has 0 aromatic heterocycles. The Kier molecular flexibility index (Phi) is 4.82. The molecule has 0 bridgehead atoms. The average Bonchev–Trinajstić information content (AvgIpc) is 2.46. The summed E-state index contributed by atoms with van der Waals surface area (Å²) in [6.45, 7) is 0.466. The first kappa shape index (κ1) is 13.9. The number of ether oxygens (including phenoxy) is 1. The third-order valence-electron chi connectivity index (χ3n) is 2.84. The van der Waals surface area contributed by atoms with Crippen LogP contribution in [-0.2, 0) is 0 Å². The molecule has 3 nitrogen and oxygen atoms in total. The van der Waals surface area contributed by atoms with Crippen LogP contribution >= 0.6 is 15.9 Å². The lowest BCUT2D eigenvalue weighted by molar-refractivity contribution is 0.191. The number of halogens is 1. The Morgan fingerprint density at radius 2 is 1.74 bits per heavy atom. The van der Waals surface area contributed by atoms with Gasteiger partial charge in [-0.1, -0.05) is 28.1 Å². The fraction of sp³-hybridized carbons (Fsp3) is 0.200. The molecule has 2 N–H and O–H groups in total. The van der Waals surface area contributed by atoms with Crippen LogP contribution < -0.4 is 10.1 Å². The third kappa shape index (κ3) is 3.98. The first-order chi connectivity index (χ1) is 9.19. The van der Waals surface area contributed by atoms with Crippen molar-refractivity contribution in [2.45, 2.75) is 6.10 Å². The molecule has 2 rings (SSSR count). The summed E-state index contributed by atoms with van der Waals surface area (Å²) >= 11 is 3.39. The lowest BCUT2D eigenvalue weighted by Gasteiger charge is -2.13. The predicted octanol–water partition coefficient (Wildman–Crippen LogP) is 3.60. The standard InChI is InChI=1S/C15H16BrNO2/c1-19-14-8-2-11(3-9-14)15(18)10-17-13-6-4-12(16)5-7-13/h2-9,15,17-18H,10H2,1H3. The molecule has 4 heteroatoms. The molecular formula is C15H16BrNO2. The van der Waals surface area contributed by atoms with Crippen molar-refractivity contribution in [1.29, 1.82) is 0 Å². The quantitative estimate of drug-likeness (QED) is 0.884. The number of hydrogen-bond donors (Lipinski definition) is 2. The zero-order valence-corrected chi connectivity index (χ0v) is 12.2. The van der Waals surface area contributed by atoms with Crippen molar-refractivity contribution in [2.24, 2.45) is 0 Å². The highest BCUT2D eigenvalue weighted by molar-refractivity contribution is 9.10. The minimum absolute atomic E-state index is 0.466. The second-order valence-corrected chi connectivity index (χ2v) is 5.09. The molecule has 0 aliphatic carbocycles. The second-order valence-electron chi connectivity index (χ2n) is 4.18. The number of rotatable bonds is 5. The van der Waals surface area contributed by atoms with Gasteiger partial charge < -0.3 is 15.2 Å². The number of aliphatic hydroxyl groups is 1. The summed E-state index contributed by atoms with van der Waals surface area (Å²) in [7, 11) is 1.63. The number of hydrogen-bond acceptors (Lipinski definition) is 3. The lowest BCUT2D eigenvalue weighted by atomic mass is 10.1. The zero-order chi connectivity index (χ0) is 13.7. The molecule has 100 valence electrons. The minimum Gasteiger partial charge on any atom is -0.497 e.